The van der Waals surface area contributed by atoms with Crippen molar-refractivity contribution in [3.63, 3.8) is 0 Å². The zero-order valence-electron chi connectivity index (χ0n) is 11.1. The molecule has 0 bridgehead atoms. The lowest BCUT2D eigenvalue weighted by molar-refractivity contribution is -0.0813. The van der Waals surface area contributed by atoms with E-state index in [-0.39, 0.29) is 5.60 Å². The Hall–Kier alpha value is -0.120. The number of methoxy groups -OCH3 is 1. The van der Waals surface area contributed by atoms with Crippen molar-refractivity contribution in [3.8, 4) is 0 Å². The zero-order valence-corrected chi connectivity index (χ0v) is 11.1. The van der Waals surface area contributed by atoms with Crippen LogP contribution in [0.3, 0.4) is 0 Å². The van der Waals surface area contributed by atoms with E-state index >= 15 is 0 Å². The van der Waals surface area contributed by atoms with Gasteiger partial charge in [-0.2, -0.15) is 0 Å². The number of rotatable bonds is 6. The molecule has 3 unspecified atom stereocenters. The third kappa shape index (κ3) is 3.19. The Morgan fingerprint density at radius 3 is 2.81 bits per heavy atom. The van der Waals surface area contributed by atoms with Crippen LogP contribution in [0.15, 0.2) is 0 Å². The van der Waals surface area contributed by atoms with E-state index in [4.69, 9.17) is 10.6 Å². The average Bonchev–Trinajstić information content (AvgIpc) is 2.30. The third-order valence-electron chi connectivity index (χ3n) is 4.08. The first-order valence-electron chi connectivity index (χ1n) is 6.69. The molecule has 0 heterocycles. The van der Waals surface area contributed by atoms with Gasteiger partial charge in [0.25, 0.3) is 0 Å². The van der Waals surface area contributed by atoms with E-state index in [0.29, 0.717) is 6.04 Å². The number of nitrogens with two attached hydrogens (primary N) is 1. The second-order valence-electron chi connectivity index (χ2n) is 5.33. The summed E-state index contributed by atoms with van der Waals surface area (Å²) in [5.74, 6) is 6.48. The molecule has 1 rings (SSSR count). The molecule has 1 saturated carbocycles. The first-order chi connectivity index (χ1) is 7.68. The van der Waals surface area contributed by atoms with Gasteiger partial charge in [-0.05, 0) is 25.2 Å². The van der Waals surface area contributed by atoms with Gasteiger partial charge in [0.1, 0.15) is 0 Å². The Morgan fingerprint density at radius 1 is 1.56 bits per heavy atom. The minimum Gasteiger partial charge on any atom is -0.377 e. The summed E-state index contributed by atoms with van der Waals surface area (Å²) in [5.41, 5.74) is 2.97. The molecule has 0 saturated heterocycles. The lowest BCUT2D eigenvalue weighted by atomic mass is 9.73. The minimum absolute atomic E-state index is 0.0262. The summed E-state index contributed by atoms with van der Waals surface area (Å²) >= 11 is 0. The van der Waals surface area contributed by atoms with Gasteiger partial charge in [-0.1, -0.05) is 39.5 Å². The summed E-state index contributed by atoms with van der Waals surface area (Å²) < 4.78 is 5.86. The molecule has 96 valence electrons. The van der Waals surface area contributed by atoms with Crippen LogP contribution in [0, 0.1) is 5.92 Å². The van der Waals surface area contributed by atoms with Crippen molar-refractivity contribution in [1.82, 2.24) is 5.43 Å². The van der Waals surface area contributed by atoms with Gasteiger partial charge in [0.15, 0.2) is 0 Å². The molecule has 0 aromatic rings. The van der Waals surface area contributed by atoms with Crippen molar-refractivity contribution in [2.75, 3.05) is 7.11 Å². The monoisotopic (exact) mass is 228 g/mol. The Morgan fingerprint density at radius 2 is 2.31 bits per heavy atom. The summed E-state index contributed by atoms with van der Waals surface area (Å²) in [7, 11) is 1.84. The zero-order chi connectivity index (χ0) is 12.0. The second kappa shape index (κ2) is 6.58. The molecule has 3 heteroatoms. The summed E-state index contributed by atoms with van der Waals surface area (Å²) in [5, 5.41) is 0. The molecule has 0 aromatic heterocycles. The van der Waals surface area contributed by atoms with Gasteiger partial charge in [-0.15, -0.1) is 0 Å². The highest BCUT2D eigenvalue weighted by Gasteiger charge is 2.41. The van der Waals surface area contributed by atoms with Crippen molar-refractivity contribution >= 4 is 0 Å². The Kier molecular flexibility index (Phi) is 5.73. The average molecular weight is 228 g/mol. The van der Waals surface area contributed by atoms with E-state index in [1.54, 1.807) is 0 Å². The third-order valence-corrected chi connectivity index (χ3v) is 4.08. The predicted octanol–water partition coefficient (Wildman–Crippen LogP) is 2.60. The lowest BCUT2D eigenvalue weighted by Gasteiger charge is -2.44. The van der Waals surface area contributed by atoms with Gasteiger partial charge in [0, 0.05) is 7.11 Å². The van der Waals surface area contributed by atoms with Crippen LogP contribution in [0.25, 0.3) is 0 Å². The molecule has 16 heavy (non-hydrogen) atoms. The van der Waals surface area contributed by atoms with Crippen molar-refractivity contribution in [1.29, 1.82) is 0 Å². The van der Waals surface area contributed by atoms with E-state index < -0.39 is 0 Å². The van der Waals surface area contributed by atoms with Crippen LogP contribution >= 0.6 is 0 Å². The first-order valence-corrected chi connectivity index (χ1v) is 6.69. The summed E-state index contributed by atoms with van der Waals surface area (Å²) in [6.07, 6.45) is 8.43. The fourth-order valence-corrected chi connectivity index (χ4v) is 3.09. The Labute approximate surface area is 100 Å². The van der Waals surface area contributed by atoms with Crippen molar-refractivity contribution in [2.45, 2.75) is 70.4 Å². The summed E-state index contributed by atoms with van der Waals surface area (Å²) in [6.45, 7) is 4.54. The number of hydrazine groups is 1. The highest BCUT2D eigenvalue weighted by atomic mass is 16.5. The molecule has 0 aliphatic heterocycles. The van der Waals surface area contributed by atoms with Crippen molar-refractivity contribution in [3.05, 3.63) is 0 Å². The first kappa shape index (κ1) is 13.9. The second-order valence-corrected chi connectivity index (χ2v) is 5.33. The van der Waals surface area contributed by atoms with Gasteiger partial charge in [0.05, 0.1) is 11.6 Å². The summed E-state index contributed by atoms with van der Waals surface area (Å²) in [6, 6.07) is 0.306. The highest BCUT2D eigenvalue weighted by Crippen LogP contribution is 2.38. The lowest BCUT2D eigenvalue weighted by Crippen LogP contribution is -2.56. The fraction of sp³-hybridized carbons (Fsp3) is 1.00. The van der Waals surface area contributed by atoms with Crippen LogP contribution in [-0.4, -0.2) is 18.8 Å². The van der Waals surface area contributed by atoms with Crippen molar-refractivity contribution in [2.24, 2.45) is 11.8 Å². The van der Waals surface area contributed by atoms with E-state index in [0.717, 1.165) is 25.2 Å². The smallest absolute Gasteiger partial charge is 0.0846 e. The molecule has 0 radical (unpaired) electrons. The van der Waals surface area contributed by atoms with E-state index in [9.17, 15) is 0 Å². The maximum Gasteiger partial charge on any atom is 0.0846 e. The normalized spacial score (nSPS) is 32.6. The van der Waals surface area contributed by atoms with E-state index in [1.807, 2.05) is 7.11 Å². The number of ether oxygens (including phenoxy) is 1. The fourth-order valence-electron chi connectivity index (χ4n) is 3.09. The van der Waals surface area contributed by atoms with Crippen LogP contribution in [0.2, 0.25) is 0 Å². The number of nitrogens with one attached hydrogen (secondary N) is 1. The molecule has 3 atom stereocenters. The molecule has 1 aliphatic carbocycles. The SMILES string of the molecule is CCCCC(NN)C1(OC)CCCC(C)C1. The predicted molar refractivity (Wildman–Crippen MR) is 68.0 cm³/mol. The van der Waals surface area contributed by atoms with Gasteiger partial charge < -0.3 is 4.74 Å². The standard InChI is InChI=1S/C13H28N2O/c1-4-5-8-12(15-14)13(16-3)9-6-7-11(2)10-13/h11-12,15H,4-10,14H2,1-3H3. The maximum atomic E-state index is 5.86. The van der Waals surface area contributed by atoms with E-state index in [2.05, 4.69) is 19.3 Å². The molecule has 1 fully saturated rings. The van der Waals surface area contributed by atoms with Crippen LogP contribution in [0.5, 0.6) is 0 Å². The van der Waals surface area contributed by atoms with Crippen LogP contribution in [0.1, 0.15) is 58.8 Å². The van der Waals surface area contributed by atoms with Crippen LogP contribution in [-0.2, 0) is 4.74 Å². The molecular formula is C13H28N2O. The molecule has 0 amide bonds. The molecule has 0 aromatic carbocycles. The van der Waals surface area contributed by atoms with Crippen molar-refractivity contribution < 1.29 is 4.74 Å². The van der Waals surface area contributed by atoms with Gasteiger partial charge in [0.2, 0.25) is 0 Å². The quantitative estimate of drug-likeness (QED) is 0.542. The number of hydrogen-bond donors (Lipinski definition) is 2. The molecule has 3 N–H and O–H groups in total. The highest BCUT2D eigenvalue weighted by molar-refractivity contribution is 4.95. The summed E-state index contributed by atoms with van der Waals surface area (Å²) in [4.78, 5) is 0. The maximum absolute atomic E-state index is 5.86. The molecular weight excluding hydrogens is 200 g/mol. The van der Waals surface area contributed by atoms with Gasteiger partial charge >= 0.3 is 0 Å². The minimum atomic E-state index is -0.0262. The van der Waals surface area contributed by atoms with Crippen LogP contribution < -0.4 is 11.3 Å². The molecule has 3 nitrogen and oxygen atoms in total. The largest absolute Gasteiger partial charge is 0.377 e. The van der Waals surface area contributed by atoms with Gasteiger partial charge in [-0.25, -0.2) is 0 Å². The Bertz CT molecular complexity index is 198. The topological polar surface area (TPSA) is 47.3 Å². The number of hydrogen-bond acceptors (Lipinski definition) is 3. The molecule has 0 spiro atoms. The number of unbranched alkanes of at least 4 members (excludes halogenated alkanes) is 1. The van der Waals surface area contributed by atoms with Gasteiger partial charge in [-0.3, -0.25) is 11.3 Å². The van der Waals surface area contributed by atoms with E-state index in [1.165, 1.54) is 25.7 Å². The molecule has 1 aliphatic rings. The van der Waals surface area contributed by atoms with Crippen LogP contribution in [0.4, 0.5) is 0 Å². The Balaban J connectivity index is 2.66.